The van der Waals surface area contributed by atoms with Gasteiger partial charge >= 0.3 is 0 Å². The van der Waals surface area contributed by atoms with Crippen LogP contribution in [0.3, 0.4) is 0 Å². The maximum Gasteiger partial charge on any atom is 0.262 e. The van der Waals surface area contributed by atoms with Crippen molar-refractivity contribution in [2.45, 2.75) is 6.17 Å². The molecule has 0 aromatic heterocycles. The standard InChI is InChI=1S/C23H20N2O5/c1-28-19-8-4-6-16(21(19)26)22-24-17-7-3-2-5-15(17)23(27)25(22)14-9-10-18-20(13-14)30-12-11-29-18/h2-10,13,22,24,26H,11-12H2,1H3/t22-/m0/s1. The Balaban J connectivity index is 1.67. The number of anilines is 2. The van der Waals surface area contributed by atoms with Gasteiger partial charge in [0, 0.05) is 17.3 Å². The predicted octanol–water partition coefficient (Wildman–Crippen LogP) is 3.94. The van der Waals surface area contributed by atoms with Crippen molar-refractivity contribution >= 4 is 17.3 Å². The number of nitrogens with one attached hydrogen (secondary N) is 1. The van der Waals surface area contributed by atoms with E-state index in [0.717, 1.165) is 0 Å². The van der Waals surface area contributed by atoms with Gasteiger partial charge in [-0.05, 0) is 30.3 Å². The molecule has 3 aromatic carbocycles. The van der Waals surface area contributed by atoms with Gasteiger partial charge in [0.2, 0.25) is 0 Å². The van der Waals surface area contributed by atoms with Gasteiger partial charge in [-0.15, -0.1) is 0 Å². The van der Waals surface area contributed by atoms with Crippen LogP contribution in [-0.2, 0) is 0 Å². The lowest BCUT2D eigenvalue weighted by Crippen LogP contribution is -2.43. The molecule has 0 saturated heterocycles. The molecule has 0 radical (unpaired) electrons. The van der Waals surface area contributed by atoms with Crippen LogP contribution in [0.15, 0.2) is 60.7 Å². The summed E-state index contributed by atoms with van der Waals surface area (Å²) in [4.78, 5) is 15.1. The van der Waals surface area contributed by atoms with Gasteiger partial charge in [0.15, 0.2) is 23.0 Å². The molecule has 7 heteroatoms. The minimum absolute atomic E-state index is 0.0211. The summed E-state index contributed by atoms with van der Waals surface area (Å²) in [5, 5.41) is 14.2. The second kappa shape index (κ2) is 7.18. The number of hydrogen-bond donors (Lipinski definition) is 2. The van der Waals surface area contributed by atoms with Crippen molar-refractivity contribution in [3.63, 3.8) is 0 Å². The third-order valence-corrected chi connectivity index (χ3v) is 5.28. The molecule has 2 heterocycles. The van der Waals surface area contributed by atoms with Crippen LogP contribution in [0.1, 0.15) is 22.1 Å². The van der Waals surface area contributed by atoms with E-state index in [0.29, 0.717) is 53.0 Å². The first kappa shape index (κ1) is 18.2. The van der Waals surface area contributed by atoms with Crippen LogP contribution in [0.5, 0.6) is 23.0 Å². The molecule has 1 atom stereocenters. The highest BCUT2D eigenvalue weighted by atomic mass is 16.6. The predicted molar refractivity (Wildman–Crippen MR) is 112 cm³/mol. The Bertz CT molecular complexity index is 1130. The highest BCUT2D eigenvalue weighted by Crippen LogP contribution is 2.44. The molecule has 0 saturated carbocycles. The largest absolute Gasteiger partial charge is 0.504 e. The van der Waals surface area contributed by atoms with Gasteiger partial charge in [0.05, 0.1) is 18.4 Å². The maximum atomic E-state index is 13.5. The second-order valence-corrected chi connectivity index (χ2v) is 6.99. The third-order valence-electron chi connectivity index (χ3n) is 5.28. The number of benzene rings is 3. The number of hydrogen-bond acceptors (Lipinski definition) is 6. The molecule has 30 heavy (non-hydrogen) atoms. The summed E-state index contributed by atoms with van der Waals surface area (Å²) in [6, 6.07) is 17.9. The topological polar surface area (TPSA) is 80.3 Å². The smallest absolute Gasteiger partial charge is 0.262 e. The summed E-state index contributed by atoms with van der Waals surface area (Å²) < 4.78 is 16.6. The first-order chi connectivity index (χ1) is 14.7. The number of para-hydroxylation sites is 2. The third kappa shape index (κ3) is 2.86. The molecule has 2 aliphatic rings. The van der Waals surface area contributed by atoms with Crippen molar-refractivity contribution in [1.29, 1.82) is 0 Å². The van der Waals surface area contributed by atoms with Gasteiger partial charge in [-0.1, -0.05) is 24.3 Å². The fourth-order valence-electron chi connectivity index (χ4n) is 3.84. The van der Waals surface area contributed by atoms with E-state index < -0.39 is 6.17 Å². The van der Waals surface area contributed by atoms with E-state index >= 15 is 0 Å². The highest BCUT2D eigenvalue weighted by molar-refractivity contribution is 6.12. The lowest BCUT2D eigenvalue weighted by Gasteiger charge is -2.38. The molecule has 0 aliphatic carbocycles. The van der Waals surface area contributed by atoms with Crippen LogP contribution in [0.2, 0.25) is 0 Å². The number of aromatic hydroxyl groups is 1. The molecule has 0 bridgehead atoms. The second-order valence-electron chi connectivity index (χ2n) is 6.99. The molecular formula is C23H20N2O5. The van der Waals surface area contributed by atoms with E-state index in [4.69, 9.17) is 14.2 Å². The minimum atomic E-state index is -0.648. The lowest BCUT2D eigenvalue weighted by atomic mass is 10.0. The molecule has 0 unspecified atom stereocenters. The number of rotatable bonds is 3. The molecule has 0 fully saturated rings. The van der Waals surface area contributed by atoms with Crippen LogP contribution >= 0.6 is 0 Å². The Morgan fingerprint density at radius 2 is 1.83 bits per heavy atom. The zero-order valence-electron chi connectivity index (χ0n) is 16.3. The fraction of sp³-hybridized carbons (Fsp3) is 0.174. The van der Waals surface area contributed by atoms with E-state index in [1.165, 1.54) is 7.11 Å². The van der Waals surface area contributed by atoms with Gasteiger partial charge in [0.1, 0.15) is 19.4 Å². The Morgan fingerprint density at radius 1 is 1.03 bits per heavy atom. The van der Waals surface area contributed by atoms with Crippen LogP contribution in [0, 0.1) is 0 Å². The summed E-state index contributed by atoms with van der Waals surface area (Å²) in [5.41, 5.74) is 2.39. The summed E-state index contributed by atoms with van der Waals surface area (Å²) in [7, 11) is 1.49. The number of methoxy groups -OCH3 is 1. The van der Waals surface area contributed by atoms with Gasteiger partial charge < -0.3 is 24.6 Å². The highest BCUT2D eigenvalue weighted by Gasteiger charge is 2.36. The maximum absolute atomic E-state index is 13.5. The van der Waals surface area contributed by atoms with Gasteiger partial charge in [0.25, 0.3) is 5.91 Å². The molecule has 2 N–H and O–H groups in total. The summed E-state index contributed by atoms with van der Waals surface area (Å²) in [6.45, 7) is 0.940. The minimum Gasteiger partial charge on any atom is -0.504 e. The molecule has 7 nitrogen and oxygen atoms in total. The van der Waals surface area contributed by atoms with Crippen molar-refractivity contribution in [1.82, 2.24) is 0 Å². The van der Waals surface area contributed by atoms with Crippen molar-refractivity contribution < 1.29 is 24.1 Å². The zero-order chi connectivity index (χ0) is 20.7. The first-order valence-electron chi connectivity index (χ1n) is 9.62. The van der Waals surface area contributed by atoms with Gasteiger partial charge in [-0.25, -0.2) is 0 Å². The average Bonchev–Trinajstić information content (AvgIpc) is 2.79. The summed E-state index contributed by atoms with van der Waals surface area (Å²) in [6.07, 6.45) is -0.648. The van der Waals surface area contributed by atoms with E-state index in [9.17, 15) is 9.90 Å². The monoisotopic (exact) mass is 404 g/mol. The number of amides is 1. The van der Waals surface area contributed by atoms with E-state index in [-0.39, 0.29) is 11.7 Å². The van der Waals surface area contributed by atoms with Crippen LogP contribution in [-0.4, -0.2) is 31.3 Å². The lowest BCUT2D eigenvalue weighted by molar-refractivity contribution is 0.0974. The van der Waals surface area contributed by atoms with Crippen molar-refractivity contribution in [3.8, 4) is 23.0 Å². The first-order valence-corrected chi connectivity index (χ1v) is 9.62. The van der Waals surface area contributed by atoms with E-state index in [1.54, 1.807) is 41.3 Å². The van der Waals surface area contributed by atoms with Crippen LogP contribution in [0.4, 0.5) is 11.4 Å². The number of fused-ring (bicyclic) bond motifs is 2. The van der Waals surface area contributed by atoms with Crippen molar-refractivity contribution in [2.75, 3.05) is 30.5 Å². The molecule has 152 valence electrons. The molecule has 0 spiro atoms. The van der Waals surface area contributed by atoms with Gasteiger partial charge in [-0.3, -0.25) is 9.69 Å². The quantitative estimate of drug-likeness (QED) is 0.688. The van der Waals surface area contributed by atoms with Crippen LogP contribution < -0.4 is 24.4 Å². The zero-order valence-corrected chi connectivity index (χ0v) is 16.3. The summed E-state index contributed by atoms with van der Waals surface area (Å²) in [5.74, 6) is 1.35. The van der Waals surface area contributed by atoms with E-state index in [2.05, 4.69) is 5.32 Å². The molecule has 3 aromatic rings. The number of carbonyl (C=O) groups excluding carboxylic acids is 1. The van der Waals surface area contributed by atoms with Gasteiger partial charge in [-0.2, -0.15) is 0 Å². The molecule has 2 aliphatic heterocycles. The number of ether oxygens (including phenoxy) is 3. The Labute approximate surface area is 173 Å². The molecular weight excluding hydrogens is 384 g/mol. The van der Waals surface area contributed by atoms with Crippen molar-refractivity contribution in [3.05, 3.63) is 71.8 Å². The van der Waals surface area contributed by atoms with Crippen LogP contribution in [0.25, 0.3) is 0 Å². The normalized spacial score (nSPS) is 17.2. The SMILES string of the molecule is COc1cccc([C@H]2Nc3ccccc3C(=O)N2c2ccc3c(c2)OCCO3)c1O. The Kier molecular flexibility index (Phi) is 4.35. The molecule has 5 rings (SSSR count). The number of phenolic OH excluding ortho intramolecular Hbond substituents is 1. The average molecular weight is 404 g/mol. The Morgan fingerprint density at radius 3 is 2.67 bits per heavy atom. The number of phenols is 1. The molecule has 1 amide bonds. The van der Waals surface area contributed by atoms with Crippen molar-refractivity contribution in [2.24, 2.45) is 0 Å². The number of carbonyl (C=O) groups is 1. The Hall–Kier alpha value is -3.87. The number of nitrogens with zero attached hydrogens (tertiary/aromatic N) is 1. The summed E-state index contributed by atoms with van der Waals surface area (Å²) >= 11 is 0. The fourth-order valence-corrected chi connectivity index (χ4v) is 3.84. The van der Waals surface area contributed by atoms with E-state index in [1.807, 2.05) is 24.3 Å².